The van der Waals surface area contributed by atoms with Crippen molar-refractivity contribution in [2.75, 3.05) is 0 Å². The van der Waals surface area contributed by atoms with Crippen LogP contribution in [0.4, 0.5) is 8.78 Å². The zero-order valence-electron chi connectivity index (χ0n) is 45.1. The topological polar surface area (TPSA) is 130 Å². The van der Waals surface area contributed by atoms with E-state index < -0.39 is 6.11 Å². The van der Waals surface area contributed by atoms with E-state index in [2.05, 4.69) is 82.5 Å². The van der Waals surface area contributed by atoms with E-state index in [0.717, 1.165) is 68.1 Å². The van der Waals surface area contributed by atoms with Crippen molar-refractivity contribution in [2.45, 2.75) is 245 Å². The van der Waals surface area contributed by atoms with Gasteiger partial charge in [-0.05, 0) is 63.2 Å². The van der Waals surface area contributed by atoms with Crippen molar-refractivity contribution >= 4 is 17.7 Å². The monoisotopic (exact) mass is 1000 g/mol. The first kappa shape index (κ1) is 63.0. The van der Waals surface area contributed by atoms with E-state index in [1.807, 2.05) is 101 Å². The summed E-state index contributed by atoms with van der Waals surface area (Å²) < 4.78 is 42.6. The van der Waals surface area contributed by atoms with Gasteiger partial charge in [0.2, 0.25) is 0 Å². The zero-order chi connectivity index (χ0) is 52.1. The Morgan fingerprint density at radius 1 is 0.514 bits per heavy atom. The summed E-state index contributed by atoms with van der Waals surface area (Å²) in [6.45, 7) is 42.0. The number of Topliss-reactive ketones (excluding diaryl/α,β-unsaturated/α-hetero) is 1. The van der Waals surface area contributed by atoms with E-state index in [4.69, 9.17) is 14.2 Å². The average molecular weight is 1000 g/mol. The van der Waals surface area contributed by atoms with Crippen molar-refractivity contribution in [3.05, 3.63) is 109 Å². The number of benzene rings is 1. The fourth-order valence-corrected chi connectivity index (χ4v) is 9.35. The van der Waals surface area contributed by atoms with Gasteiger partial charge in [-0.15, -0.1) is 0 Å². The van der Waals surface area contributed by atoms with E-state index in [1.165, 1.54) is 5.56 Å². The average Bonchev–Trinajstić information content (AvgIpc) is 3.99. The number of carbonyl (C=O) groups is 3. The van der Waals surface area contributed by atoms with Gasteiger partial charge < -0.3 is 14.2 Å². The molecule has 0 saturated heterocycles. The van der Waals surface area contributed by atoms with E-state index in [0.29, 0.717) is 65.6 Å². The maximum absolute atomic E-state index is 13.7. The molecule has 0 saturated carbocycles. The molecule has 4 aliphatic rings. The van der Waals surface area contributed by atoms with Gasteiger partial charge >= 0.3 is 18.0 Å². The molecular formula is C60H90F2N4O6. The number of halogens is 2. The number of fused-ring (bicyclic) bond motifs is 4. The maximum atomic E-state index is 13.7. The fraction of sp³-hybridized carbons (Fsp3) is 0.617. The van der Waals surface area contributed by atoms with Crippen LogP contribution in [0.15, 0.2) is 24.5 Å². The van der Waals surface area contributed by atoms with Crippen molar-refractivity contribution in [1.29, 1.82) is 0 Å². The summed E-state index contributed by atoms with van der Waals surface area (Å²) in [5.41, 5.74) is 13.1. The van der Waals surface area contributed by atoms with Crippen LogP contribution in [-0.2, 0) is 57.2 Å². The SMILES string of the molecule is C.C.C.CC(C)(C)c1ccc(C(C)(C)C)c2c1CC(F)(F)O2.CC(C)(C)c1nnc(C(C)(C)C)c2c1COC2=O.CC(C)c1cnc(C(C)C)c2c1C(=O)CC2.CC(C)c1cnc(C(C)C)c2c1COC2=O. The molecule has 72 heavy (non-hydrogen) atoms. The lowest BCUT2D eigenvalue weighted by Gasteiger charge is -2.26. The second kappa shape index (κ2) is 23.0. The zero-order valence-corrected chi connectivity index (χ0v) is 45.1. The highest BCUT2D eigenvalue weighted by Gasteiger charge is 2.45. The van der Waals surface area contributed by atoms with Gasteiger partial charge in [0.1, 0.15) is 19.0 Å². The number of rotatable bonds is 4. The Morgan fingerprint density at radius 2 is 0.972 bits per heavy atom. The van der Waals surface area contributed by atoms with Crippen molar-refractivity contribution in [3.8, 4) is 5.75 Å². The molecule has 0 spiro atoms. The first-order chi connectivity index (χ1) is 31.6. The quantitative estimate of drug-likeness (QED) is 0.182. The van der Waals surface area contributed by atoms with Crippen LogP contribution >= 0.6 is 0 Å². The number of esters is 2. The van der Waals surface area contributed by atoms with Crippen molar-refractivity contribution < 1.29 is 37.4 Å². The fourth-order valence-electron chi connectivity index (χ4n) is 9.35. The normalized spacial score (nSPS) is 15.2. The molecule has 8 rings (SSSR count). The van der Waals surface area contributed by atoms with Crippen molar-refractivity contribution in [2.24, 2.45) is 0 Å². The summed E-state index contributed by atoms with van der Waals surface area (Å²) in [4.78, 5) is 44.5. The standard InChI is InChI=1S/C16H22F2O.C14H20N2O2.C14H19NO.C13H17NO2.3CH4/c1-14(2,3)11-7-8-12(15(4,5)6)13-10(11)9-16(17,18)19-13;1-13(2,3)10-8-7-18-12(17)9(8)11(16-15-10)14(4,5)6;1-8(2)11-7-15-14(9(3)4)10-5-6-12(16)13(10)11;1-7(2)9-5-14-12(8(3)4)11-10(9)6-16-13(11)15;;;/h7-8H,9H2,1-6H3;7H2,1-6H3;7-9H,5-6H2,1-4H3;5,7-8H,6H2,1-4H3;3*1H4. The van der Waals surface area contributed by atoms with E-state index in [9.17, 15) is 23.2 Å². The first-order valence-corrected chi connectivity index (χ1v) is 24.6. The van der Waals surface area contributed by atoms with Gasteiger partial charge in [0.15, 0.2) is 5.78 Å². The van der Waals surface area contributed by atoms with Crippen LogP contribution in [0.2, 0.25) is 0 Å². The Morgan fingerprint density at radius 3 is 1.46 bits per heavy atom. The van der Waals surface area contributed by atoms with Gasteiger partial charge in [-0.25, -0.2) is 9.59 Å². The Balaban J connectivity index is 0.000000325. The minimum atomic E-state index is -3.08. The van der Waals surface area contributed by atoms with E-state index in [-0.39, 0.29) is 68.2 Å². The third kappa shape index (κ3) is 13.5. The summed E-state index contributed by atoms with van der Waals surface area (Å²) in [5, 5.41) is 8.63. The Labute approximate surface area is 432 Å². The molecule has 0 atom stereocenters. The molecule has 6 heterocycles. The van der Waals surface area contributed by atoms with Gasteiger partial charge in [-0.2, -0.15) is 19.0 Å². The smallest absolute Gasteiger partial charge is 0.402 e. The highest BCUT2D eigenvalue weighted by Crippen LogP contribution is 2.48. The Hall–Kier alpha value is -5.13. The van der Waals surface area contributed by atoms with Crippen molar-refractivity contribution in [1.82, 2.24) is 20.2 Å². The molecule has 3 aromatic heterocycles. The summed E-state index contributed by atoms with van der Waals surface area (Å²) >= 11 is 0. The molecule has 400 valence electrons. The summed E-state index contributed by atoms with van der Waals surface area (Å²) in [6, 6.07) is 3.91. The lowest BCUT2D eigenvalue weighted by Crippen LogP contribution is -2.24. The minimum absolute atomic E-state index is 0. The largest absolute Gasteiger partial charge is 0.457 e. The number of hydrogen-bond acceptors (Lipinski definition) is 10. The number of pyridine rings is 2. The lowest BCUT2D eigenvalue weighted by atomic mass is 9.78. The molecule has 12 heteroatoms. The molecule has 4 aromatic rings. The first-order valence-electron chi connectivity index (χ1n) is 24.6. The molecule has 10 nitrogen and oxygen atoms in total. The number of aromatic nitrogens is 4. The minimum Gasteiger partial charge on any atom is -0.457 e. The molecule has 1 aromatic carbocycles. The molecule has 0 fully saturated rings. The number of alkyl halides is 2. The molecule has 0 N–H and O–H groups in total. The molecule has 3 aliphatic heterocycles. The van der Waals surface area contributed by atoms with Gasteiger partial charge in [0.25, 0.3) is 0 Å². The van der Waals surface area contributed by atoms with Gasteiger partial charge in [-0.1, -0.05) is 173 Å². The molecule has 0 radical (unpaired) electrons. The Kier molecular flexibility index (Phi) is 20.1. The Bertz CT molecular complexity index is 2470. The van der Waals surface area contributed by atoms with Crippen LogP contribution < -0.4 is 4.74 Å². The third-order valence-corrected chi connectivity index (χ3v) is 12.8. The number of ketones is 1. The van der Waals surface area contributed by atoms with Crippen molar-refractivity contribution in [3.63, 3.8) is 0 Å². The summed E-state index contributed by atoms with van der Waals surface area (Å²) in [5.74, 6) is 1.62. The summed E-state index contributed by atoms with van der Waals surface area (Å²) in [6.07, 6.45) is 1.95. The van der Waals surface area contributed by atoms with Crippen LogP contribution in [0, 0.1) is 0 Å². The van der Waals surface area contributed by atoms with E-state index in [1.54, 1.807) is 0 Å². The maximum Gasteiger partial charge on any atom is 0.402 e. The molecular weight excluding hydrogens is 911 g/mol. The van der Waals surface area contributed by atoms with Crippen LogP contribution in [0.1, 0.15) is 289 Å². The second-order valence-corrected chi connectivity index (χ2v) is 24.2. The number of carbonyl (C=O) groups excluding carboxylic acids is 3. The highest BCUT2D eigenvalue weighted by atomic mass is 19.3. The molecule has 1 aliphatic carbocycles. The number of hydrogen-bond donors (Lipinski definition) is 0. The number of nitrogens with zero attached hydrogens (tertiary/aromatic N) is 4. The highest BCUT2D eigenvalue weighted by molar-refractivity contribution is 6.02. The lowest BCUT2D eigenvalue weighted by molar-refractivity contribution is -0.159. The van der Waals surface area contributed by atoms with E-state index >= 15 is 0 Å². The third-order valence-electron chi connectivity index (χ3n) is 12.8. The van der Waals surface area contributed by atoms with Crippen LogP contribution in [0.25, 0.3) is 0 Å². The molecule has 0 bridgehead atoms. The second-order valence-electron chi connectivity index (χ2n) is 24.2. The number of cyclic esters (lactones) is 2. The van der Waals surface area contributed by atoms with Crippen LogP contribution in [0.5, 0.6) is 5.75 Å². The van der Waals surface area contributed by atoms with Gasteiger partial charge in [-0.3, -0.25) is 14.8 Å². The van der Waals surface area contributed by atoms with Crippen LogP contribution in [-0.4, -0.2) is 44.0 Å². The predicted molar refractivity (Wildman–Crippen MR) is 288 cm³/mol. The summed E-state index contributed by atoms with van der Waals surface area (Å²) in [7, 11) is 0. The molecule has 0 unspecified atom stereocenters. The predicted octanol–water partition coefficient (Wildman–Crippen LogP) is 15.9. The van der Waals surface area contributed by atoms with Gasteiger partial charge in [0.05, 0.1) is 34.6 Å². The number of ether oxygens (including phenoxy) is 3. The van der Waals surface area contributed by atoms with Crippen LogP contribution in [0.3, 0.4) is 0 Å². The molecule has 0 amide bonds. The van der Waals surface area contributed by atoms with Gasteiger partial charge in [0, 0.05) is 63.2 Å².